The van der Waals surface area contributed by atoms with E-state index in [1.54, 1.807) is 12.1 Å². The zero-order valence-electron chi connectivity index (χ0n) is 8.90. The average Bonchev–Trinajstić information content (AvgIpc) is 2.16. The van der Waals surface area contributed by atoms with Crippen LogP contribution in [-0.2, 0) is 9.59 Å². The Balaban J connectivity index is 2.70. The summed E-state index contributed by atoms with van der Waals surface area (Å²) < 4.78 is 0. The number of carbonyl (C=O) groups is 3. The molecule has 0 saturated carbocycles. The van der Waals surface area contributed by atoms with E-state index in [1.165, 1.54) is 19.1 Å². The van der Waals surface area contributed by atoms with E-state index in [-0.39, 0.29) is 29.9 Å². The first-order valence-electron chi connectivity index (χ1n) is 4.83. The Kier molecular flexibility index (Phi) is 3.94. The molecule has 0 saturated heterocycles. The summed E-state index contributed by atoms with van der Waals surface area (Å²) in [5.74, 6) is -1.32. The monoisotopic (exact) mass is 220 g/mol. The van der Waals surface area contributed by atoms with Gasteiger partial charge in [0.1, 0.15) is 17.3 Å². The van der Waals surface area contributed by atoms with Gasteiger partial charge in [-0.2, -0.15) is 0 Å². The van der Waals surface area contributed by atoms with Crippen LogP contribution in [0.4, 0.5) is 0 Å². The summed E-state index contributed by atoms with van der Waals surface area (Å²) in [6.45, 7) is 1.29. The van der Waals surface area contributed by atoms with Crippen molar-refractivity contribution in [2.45, 2.75) is 19.8 Å². The lowest BCUT2D eigenvalue weighted by Gasteiger charge is -2.02. The van der Waals surface area contributed by atoms with Crippen molar-refractivity contribution in [3.63, 3.8) is 0 Å². The number of carbonyl (C=O) groups excluding carboxylic acids is 3. The molecule has 0 amide bonds. The van der Waals surface area contributed by atoms with Crippen LogP contribution in [0.25, 0.3) is 0 Å². The van der Waals surface area contributed by atoms with E-state index in [9.17, 15) is 19.5 Å². The first kappa shape index (κ1) is 12.1. The van der Waals surface area contributed by atoms with Crippen molar-refractivity contribution >= 4 is 17.3 Å². The van der Waals surface area contributed by atoms with Gasteiger partial charge in [0, 0.05) is 0 Å². The number of para-hydroxylation sites is 1. The fourth-order valence-corrected chi connectivity index (χ4v) is 1.32. The Morgan fingerprint density at radius 3 is 2.31 bits per heavy atom. The molecule has 0 aliphatic carbocycles. The van der Waals surface area contributed by atoms with Gasteiger partial charge in [-0.15, -0.1) is 0 Å². The first-order chi connectivity index (χ1) is 7.50. The third kappa shape index (κ3) is 3.31. The Morgan fingerprint density at radius 1 is 1.12 bits per heavy atom. The zero-order chi connectivity index (χ0) is 12.1. The minimum Gasteiger partial charge on any atom is -0.507 e. The molecule has 0 atom stereocenters. The van der Waals surface area contributed by atoms with Crippen molar-refractivity contribution in [2.75, 3.05) is 0 Å². The van der Waals surface area contributed by atoms with Gasteiger partial charge in [-0.05, 0) is 19.1 Å². The molecular weight excluding hydrogens is 208 g/mol. The number of Topliss-reactive ketones (excluding diaryl/α,β-unsaturated/α-hetero) is 3. The molecule has 0 spiro atoms. The molecule has 0 bridgehead atoms. The van der Waals surface area contributed by atoms with Crippen molar-refractivity contribution in [1.29, 1.82) is 0 Å². The highest BCUT2D eigenvalue weighted by atomic mass is 16.3. The molecule has 0 heterocycles. The fourth-order valence-electron chi connectivity index (χ4n) is 1.32. The van der Waals surface area contributed by atoms with Crippen LogP contribution in [0.15, 0.2) is 24.3 Å². The standard InChI is InChI=1S/C12H12O4/c1-8(13)6-9(14)7-12(16)10-4-2-3-5-11(10)15/h2-5,15H,6-7H2,1H3. The van der Waals surface area contributed by atoms with E-state index in [2.05, 4.69) is 0 Å². The first-order valence-corrected chi connectivity index (χ1v) is 4.83. The van der Waals surface area contributed by atoms with E-state index in [0.29, 0.717) is 0 Å². The molecule has 0 unspecified atom stereocenters. The van der Waals surface area contributed by atoms with E-state index < -0.39 is 11.6 Å². The predicted octanol–water partition coefficient (Wildman–Crippen LogP) is 1.51. The molecule has 1 N–H and O–H groups in total. The number of aromatic hydroxyl groups is 1. The maximum absolute atomic E-state index is 11.6. The highest BCUT2D eigenvalue weighted by Crippen LogP contribution is 2.17. The quantitative estimate of drug-likeness (QED) is 0.603. The molecule has 0 aromatic heterocycles. The second-order valence-corrected chi connectivity index (χ2v) is 3.53. The number of benzene rings is 1. The molecule has 16 heavy (non-hydrogen) atoms. The van der Waals surface area contributed by atoms with Gasteiger partial charge in [0.2, 0.25) is 0 Å². The summed E-state index contributed by atoms with van der Waals surface area (Å²) in [5, 5.41) is 9.38. The molecule has 1 aromatic carbocycles. The van der Waals surface area contributed by atoms with Crippen molar-refractivity contribution in [3.05, 3.63) is 29.8 Å². The van der Waals surface area contributed by atoms with E-state index >= 15 is 0 Å². The molecular formula is C12H12O4. The number of rotatable bonds is 5. The van der Waals surface area contributed by atoms with Gasteiger partial charge in [-0.25, -0.2) is 0 Å². The maximum Gasteiger partial charge on any atom is 0.173 e. The molecule has 0 aliphatic rings. The van der Waals surface area contributed by atoms with Gasteiger partial charge < -0.3 is 5.11 Å². The molecule has 1 aromatic rings. The Morgan fingerprint density at radius 2 is 1.75 bits per heavy atom. The van der Waals surface area contributed by atoms with Crippen molar-refractivity contribution in [2.24, 2.45) is 0 Å². The minimum absolute atomic E-state index is 0.111. The smallest absolute Gasteiger partial charge is 0.173 e. The molecule has 4 nitrogen and oxygen atoms in total. The number of hydrogen-bond acceptors (Lipinski definition) is 4. The lowest BCUT2D eigenvalue weighted by molar-refractivity contribution is -0.125. The van der Waals surface area contributed by atoms with Crippen LogP contribution in [-0.4, -0.2) is 22.5 Å². The van der Waals surface area contributed by atoms with Crippen LogP contribution in [0.2, 0.25) is 0 Å². The molecule has 0 aliphatic heterocycles. The maximum atomic E-state index is 11.6. The van der Waals surface area contributed by atoms with Gasteiger partial charge in [0.05, 0.1) is 18.4 Å². The van der Waals surface area contributed by atoms with E-state index in [0.717, 1.165) is 0 Å². The topological polar surface area (TPSA) is 71.4 Å². The Labute approximate surface area is 92.9 Å². The summed E-state index contributed by atoms with van der Waals surface area (Å²) in [7, 11) is 0. The van der Waals surface area contributed by atoms with Gasteiger partial charge in [0.25, 0.3) is 0 Å². The van der Waals surface area contributed by atoms with Crippen LogP contribution < -0.4 is 0 Å². The third-order valence-electron chi connectivity index (χ3n) is 2.01. The zero-order valence-corrected chi connectivity index (χ0v) is 8.90. The van der Waals surface area contributed by atoms with Crippen molar-refractivity contribution in [1.82, 2.24) is 0 Å². The fraction of sp³-hybridized carbons (Fsp3) is 0.250. The average molecular weight is 220 g/mol. The normalized spacial score (nSPS) is 9.81. The lowest BCUT2D eigenvalue weighted by atomic mass is 10.0. The highest BCUT2D eigenvalue weighted by Gasteiger charge is 2.15. The lowest BCUT2D eigenvalue weighted by Crippen LogP contribution is -2.11. The van der Waals surface area contributed by atoms with E-state index in [4.69, 9.17) is 0 Å². The summed E-state index contributed by atoms with van der Waals surface area (Å²) in [4.78, 5) is 33.4. The van der Waals surface area contributed by atoms with Crippen molar-refractivity contribution < 1.29 is 19.5 Å². The predicted molar refractivity (Wildman–Crippen MR) is 57.4 cm³/mol. The van der Waals surface area contributed by atoms with Crippen molar-refractivity contribution in [3.8, 4) is 5.75 Å². The van der Waals surface area contributed by atoms with Gasteiger partial charge in [-0.3, -0.25) is 14.4 Å². The van der Waals surface area contributed by atoms with Crippen LogP contribution in [0, 0.1) is 0 Å². The number of ketones is 3. The van der Waals surface area contributed by atoms with Gasteiger partial charge in [-0.1, -0.05) is 12.1 Å². The summed E-state index contributed by atoms with van der Waals surface area (Å²) >= 11 is 0. The van der Waals surface area contributed by atoms with Crippen LogP contribution in [0.1, 0.15) is 30.1 Å². The van der Waals surface area contributed by atoms with Crippen LogP contribution in [0.5, 0.6) is 5.75 Å². The second-order valence-electron chi connectivity index (χ2n) is 3.53. The molecule has 0 fully saturated rings. The number of phenolic OH excluding ortho intramolecular Hbond substituents is 1. The summed E-state index contributed by atoms with van der Waals surface area (Å²) in [5.41, 5.74) is 0.111. The number of phenols is 1. The SMILES string of the molecule is CC(=O)CC(=O)CC(=O)c1ccccc1O. The molecule has 4 heteroatoms. The summed E-state index contributed by atoms with van der Waals surface area (Å²) in [6, 6.07) is 6.01. The minimum atomic E-state index is -0.468. The van der Waals surface area contributed by atoms with Crippen LogP contribution in [0.3, 0.4) is 0 Å². The molecule has 0 radical (unpaired) electrons. The number of hydrogen-bond donors (Lipinski definition) is 1. The third-order valence-corrected chi connectivity index (χ3v) is 2.01. The second kappa shape index (κ2) is 5.21. The Hall–Kier alpha value is -1.97. The van der Waals surface area contributed by atoms with Gasteiger partial charge in [0.15, 0.2) is 5.78 Å². The molecule has 1 rings (SSSR count). The summed E-state index contributed by atoms with van der Waals surface area (Å²) in [6.07, 6.45) is -0.587. The van der Waals surface area contributed by atoms with E-state index in [1.807, 2.05) is 0 Å². The van der Waals surface area contributed by atoms with Crippen LogP contribution >= 0.6 is 0 Å². The Bertz CT molecular complexity index is 434. The molecule has 84 valence electrons. The highest BCUT2D eigenvalue weighted by molar-refractivity contribution is 6.12. The largest absolute Gasteiger partial charge is 0.507 e. The van der Waals surface area contributed by atoms with Gasteiger partial charge >= 0.3 is 0 Å².